The van der Waals surface area contributed by atoms with Crippen molar-refractivity contribution in [2.75, 3.05) is 0 Å². The van der Waals surface area contributed by atoms with Crippen LogP contribution in [0.15, 0.2) is 36.4 Å². The summed E-state index contributed by atoms with van der Waals surface area (Å²) < 4.78 is 5.81. The number of ether oxygens (including phenoxy) is 1. The maximum absolute atomic E-state index is 11.7. The molecule has 0 saturated heterocycles. The molecule has 0 bridgehead atoms. The minimum absolute atomic E-state index is 0.128. The van der Waals surface area contributed by atoms with Gasteiger partial charge in [-0.25, -0.2) is 4.79 Å². The van der Waals surface area contributed by atoms with Gasteiger partial charge in [0.2, 0.25) is 5.60 Å². The van der Waals surface area contributed by atoms with Crippen molar-refractivity contribution >= 4 is 22.5 Å². The van der Waals surface area contributed by atoms with Gasteiger partial charge in [-0.2, -0.15) is 0 Å². The molecule has 2 N–H and O–H groups in total. The fourth-order valence-corrected chi connectivity index (χ4v) is 4.73. The number of rotatable bonds is 3. The first-order valence-electron chi connectivity index (χ1n) is 10.4. The summed E-state index contributed by atoms with van der Waals surface area (Å²) in [7, 11) is 0. The van der Waals surface area contributed by atoms with Crippen LogP contribution < -0.4 is 0 Å². The van der Waals surface area contributed by atoms with Gasteiger partial charge in [0.05, 0.1) is 0 Å². The van der Waals surface area contributed by atoms with Gasteiger partial charge in [-0.1, -0.05) is 52.0 Å². The number of aliphatic hydroxyl groups is 1. The van der Waals surface area contributed by atoms with Crippen LogP contribution in [0.5, 0.6) is 0 Å². The molecule has 2 aromatic carbocycles. The van der Waals surface area contributed by atoms with E-state index in [9.17, 15) is 15.0 Å². The number of benzene rings is 2. The molecule has 2 aromatic rings. The van der Waals surface area contributed by atoms with Gasteiger partial charge in [-0.3, -0.25) is 0 Å². The molecule has 1 heterocycles. The summed E-state index contributed by atoms with van der Waals surface area (Å²) in [5.41, 5.74) is 2.34. The second-order valence-corrected chi connectivity index (χ2v) is 9.97. The zero-order chi connectivity index (χ0) is 21.2. The Morgan fingerprint density at radius 3 is 2.10 bits per heavy atom. The van der Waals surface area contributed by atoms with Crippen LogP contribution in [-0.4, -0.2) is 27.9 Å². The van der Waals surface area contributed by atoms with Crippen molar-refractivity contribution in [3.05, 3.63) is 53.1 Å². The lowest BCUT2D eigenvalue weighted by atomic mass is 9.63. The highest BCUT2D eigenvalue weighted by atomic mass is 16.5. The van der Waals surface area contributed by atoms with Crippen LogP contribution in [0, 0.1) is 0 Å². The Balaban J connectivity index is 1.78. The first kappa shape index (κ1) is 20.0. The molecule has 0 saturated carbocycles. The smallest absolute Gasteiger partial charge is 0.351 e. The lowest BCUT2D eigenvalue weighted by molar-refractivity contribution is -0.166. The number of hydrogen-bond acceptors (Lipinski definition) is 3. The number of carbonyl (C=O) groups is 1. The Bertz CT molecular complexity index is 1030. The van der Waals surface area contributed by atoms with Gasteiger partial charge in [-0.15, -0.1) is 0 Å². The number of carboxylic acids is 1. The van der Waals surface area contributed by atoms with Crippen LogP contribution in [0.1, 0.15) is 70.6 Å². The number of carboxylic acid groups (broad SMARTS) is 1. The van der Waals surface area contributed by atoms with E-state index in [0.717, 1.165) is 17.4 Å². The van der Waals surface area contributed by atoms with Gasteiger partial charge < -0.3 is 14.9 Å². The van der Waals surface area contributed by atoms with Crippen LogP contribution in [0.4, 0.5) is 0 Å². The van der Waals surface area contributed by atoms with E-state index in [-0.39, 0.29) is 17.3 Å². The monoisotopic (exact) mass is 394 g/mol. The molecule has 2 aliphatic rings. The lowest BCUT2D eigenvalue weighted by Crippen LogP contribution is -2.47. The lowest BCUT2D eigenvalue weighted by Gasteiger charge is -2.42. The zero-order valence-electron chi connectivity index (χ0n) is 17.9. The second-order valence-electron chi connectivity index (χ2n) is 9.97. The molecule has 4 rings (SSSR count). The molecular formula is C25H30O4. The molecular weight excluding hydrogens is 364 g/mol. The van der Waals surface area contributed by atoms with Gasteiger partial charge in [0.1, 0.15) is 11.9 Å². The standard InChI is InChI=1S/C25H30O4/c1-15(26)25(22(27)28)9-8-21(29-25)17-7-6-16-13-19-20(14-18(16)12-17)24(4,5)11-10-23(19,2)3/h6-8,12-15,26H,9-11H2,1-5H3,(H,27,28). The molecule has 4 nitrogen and oxygen atoms in total. The molecule has 2 atom stereocenters. The van der Waals surface area contributed by atoms with Crippen LogP contribution in [0.2, 0.25) is 0 Å². The first-order valence-corrected chi connectivity index (χ1v) is 10.4. The van der Waals surface area contributed by atoms with E-state index in [0.29, 0.717) is 5.76 Å². The molecule has 4 heteroatoms. The summed E-state index contributed by atoms with van der Waals surface area (Å²) in [6.45, 7) is 10.7. The molecule has 0 amide bonds. The van der Waals surface area contributed by atoms with Gasteiger partial charge in [0.25, 0.3) is 0 Å². The van der Waals surface area contributed by atoms with Crippen LogP contribution in [0.25, 0.3) is 16.5 Å². The number of aliphatic carboxylic acids is 1. The van der Waals surface area contributed by atoms with Gasteiger partial charge >= 0.3 is 5.97 Å². The molecule has 2 unspecified atom stereocenters. The molecule has 0 aromatic heterocycles. The summed E-state index contributed by atoms with van der Waals surface area (Å²) in [4.78, 5) is 11.7. The normalized spacial score (nSPS) is 25.8. The molecule has 0 radical (unpaired) electrons. The average Bonchev–Trinajstić information content (AvgIpc) is 3.11. The predicted octanol–water partition coefficient (Wildman–Crippen LogP) is 5.15. The summed E-state index contributed by atoms with van der Waals surface area (Å²) in [6, 6.07) is 10.7. The quantitative estimate of drug-likeness (QED) is 0.755. The summed E-state index contributed by atoms with van der Waals surface area (Å²) in [6.07, 6.45) is 3.14. The molecule has 1 aliphatic heterocycles. The molecule has 0 fully saturated rings. The van der Waals surface area contributed by atoms with E-state index in [1.54, 1.807) is 6.08 Å². The largest absolute Gasteiger partial charge is 0.478 e. The summed E-state index contributed by atoms with van der Waals surface area (Å²) >= 11 is 0. The van der Waals surface area contributed by atoms with E-state index in [1.807, 2.05) is 6.07 Å². The van der Waals surface area contributed by atoms with Gasteiger partial charge in [0.15, 0.2) is 0 Å². The molecule has 29 heavy (non-hydrogen) atoms. The Kier molecular flexibility index (Phi) is 4.36. The third kappa shape index (κ3) is 3.05. The highest BCUT2D eigenvalue weighted by Gasteiger charge is 2.49. The highest BCUT2D eigenvalue weighted by Crippen LogP contribution is 2.47. The number of fused-ring (bicyclic) bond motifs is 2. The van der Waals surface area contributed by atoms with Crippen molar-refractivity contribution in [2.45, 2.75) is 76.4 Å². The van der Waals surface area contributed by atoms with E-state index in [4.69, 9.17) is 4.74 Å². The minimum Gasteiger partial charge on any atom is -0.478 e. The molecule has 1 aliphatic carbocycles. The second kappa shape index (κ2) is 6.33. The van der Waals surface area contributed by atoms with Gasteiger partial charge in [-0.05, 0) is 64.6 Å². The fraction of sp³-hybridized carbons (Fsp3) is 0.480. The van der Waals surface area contributed by atoms with Crippen LogP contribution >= 0.6 is 0 Å². The zero-order valence-corrected chi connectivity index (χ0v) is 17.9. The molecule has 154 valence electrons. The third-order valence-electron chi connectivity index (χ3n) is 7.01. The van der Waals surface area contributed by atoms with Crippen molar-refractivity contribution in [2.24, 2.45) is 0 Å². The van der Waals surface area contributed by atoms with Crippen molar-refractivity contribution in [3.8, 4) is 0 Å². The van der Waals surface area contributed by atoms with Crippen LogP contribution in [-0.2, 0) is 20.4 Å². The van der Waals surface area contributed by atoms with Gasteiger partial charge in [0, 0.05) is 12.0 Å². The van der Waals surface area contributed by atoms with E-state index in [1.165, 1.54) is 29.9 Å². The Labute approximate surface area is 172 Å². The topological polar surface area (TPSA) is 66.8 Å². The number of aliphatic hydroxyl groups excluding tert-OH is 1. The first-order chi connectivity index (χ1) is 13.5. The third-order valence-corrected chi connectivity index (χ3v) is 7.01. The predicted molar refractivity (Wildman–Crippen MR) is 115 cm³/mol. The van der Waals surface area contributed by atoms with E-state index < -0.39 is 17.7 Å². The van der Waals surface area contributed by atoms with E-state index in [2.05, 4.69) is 52.0 Å². The SMILES string of the molecule is CC(O)C1(C(=O)O)CC=C(c2ccc3cc4c(cc3c2)C(C)(C)CCC4(C)C)O1. The fourth-order valence-electron chi connectivity index (χ4n) is 4.73. The van der Waals surface area contributed by atoms with Crippen molar-refractivity contribution in [3.63, 3.8) is 0 Å². The molecule has 0 spiro atoms. The Morgan fingerprint density at radius 2 is 1.59 bits per heavy atom. The van der Waals surface area contributed by atoms with Crippen molar-refractivity contribution < 1.29 is 19.7 Å². The Hall–Kier alpha value is -2.33. The summed E-state index contributed by atoms with van der Waals surface area (Å²) in [5.74, 6) is -0.620. The van der Waals surface area contributed by atoms with E-state index >= 15 is 0 Å². The maximum atomic E-state index is 11.7. The van der Waals surface area contributed by atoms with Crippen LogP contribution in [0.3, 0.4) is 0 Å². The maximum Gasteiger partial charge on any atom is 0.351 e. The minimum atomic E-state index is -1.61. The highest BCUT2D eigenvalue weighted by molar-refractivity contribution is 5.89. The van der Waals surface area contributed by atoms with Crippen molar-refractivity contribution in [1.29, 1.82) is 0 Å². The summed E-state index contributed by atoms with van der Waals surface area (Å²) in [5, 5.41) is 21.9. The Morgan fingerprint density at radius 1 is 1.00 bits per heavy atom. The number of hydrogen-bond donors (Lipinski definition) is 2. The average molecular weight is 395 g/mol. The van der Waals surface area contributed by atoms with Crippen molar-refractivity contribution in [1.82, 2.24) is 0 Å².